The van der Waals surface area contributed by atoms with Crippen LogP contribution in [-0.2, 0) is 65.4 Å². The fraction of sp³-hybridized carbons (Fsp3) is 0.600. The van der Waals surface area contributed by atoms with Gasteiger partial charge in [0.2, 0.25) is 0 Å². The molecule has 104 heavy (non-hydrogen) atoms. The second-order valence-electron chi connectivity index (χ2n) is 25.2. The van der Waals surface area contributed by atoms with Gasteiger partial charge in [0.1, 0.15) is 19.3 Å². The number of esters is 4. The summed E-state index contributed by atoms with van der Waals surface area (Å²) in [5.41, 5.74) is 0. The highest BCUT2D eigenvalue weighted by Crippen LogP contribution is 2.45. The van der Waals surface area contributed by atoms with Gasteiger partial charge in [-0.25, -0.2) is 9.13 Å². The first-order valence-electron chi connectivity index (χ1n) is 39.0. The third kappa shape index (κ3) is 74.4. The molecule has 0 saturated carbocycles. The number of carbonyl (C=O) groups excluding carboxylic acids is 4. The van der Waals surface area contributed by atoms with Crippen LogP contribution in [0.3, 0.4) is 0 Å². The molecule has 0 aliphatic carbocycles. The number of allylic oxidation sites excluding steroid dienone is 30. The van der Waals surface area contributed by atoms with E-state index in [0.29, 0.717) is 38.5 Å². The number of hydrogen-bond donors (Lipinski definition) is 3. The summed E-state index contributed by atoms with van der Waals surface area (Å²) in [5, 5.41) is 10.6. The molecule has 588 valence electrons. The summed E-state index contributed by atoms with van der Waals surface area (Å²) < 4.78 is 68.4. The molecule has 3 N–H and O–H groups in total. The number of rotatable bonds is 71. The second kappa shape index (κ2) is 75.4. The Labute approximate surface area is 628 Å². The number of hydrogen-bond acceptors (Lipinski definition) is 15. The zero-order valence-electron chi connectivity index (χ0n) is 64.1. The highest BCUT2D eigenvalue weighted by Gasteiger charge is 2.30. The normalized spacial score (nSPS) is 14.9. The van der Waals surface area contributed by atoms with E-state index in [-0.39, 0.29) is 25.7 Å². The molecule has 5 unspecified atom stereocenters. The molecule has 0 fully saturated rings. The van der Waals surface area contributed by atoms with Gasteiger partial charge < -0.3 is 33.8 Å². The maximum absolute atomic E-state index is 13.1. The molecular weight excluding hydrogens is 1350 g/mol. The fourth-order valence-corrected chi connectivity index (χ4v) is 11.1. The van der Waals surface area contributed by atoms with Gasteiger partial charge in [-0.15, -0.1) is 0 Å². The zero-order valence-corrected chi connectivity index (χ0v) is 65.9. The number of unbranched alkanes of at least 4 members (excludes halogenated alkanes) is 15. The van der Waals surface area contributed by atoms with Crippen molar-refractivity contribution in [2.24, 2.45) is 0 Å². The molecule has 0 aromatic rings. The van der Waals surface area contributed by atoms with E-state index in [2.05, 4.69) is 180 Å². The summed E-state index contributed by atoms with van der Waals surface area (Å²) >= 11 is 0. The van der Waals surface area contributed by atoms with Crippen molar-refractivity contribution in [3.8, 4) is 0 Å². The molecule has 0 radical (unpaired) electrons. The van der Waals surface area contributed by atoms with Gasteiger partial charge in [0.05, 0.1) is 26.4 Å². The summed E-state index contributed by atoms with van der Waals surface area (Å²) in [6.07, 6.45) is 90.5. The van der Waals surface area contributed by atoms with Crippen molar-refractivity contribution in [3.05, 3.63) is 182 Å². The third-order valence-corrected chi connectivity index (χ3v) is 17.3. The van der Waals surface area contributed by atoms with Gasteiger partial charge in [-0.05, 0) is 141 Å². The summed E-state index contributed by atoms with van der Waals surface area (Å²) in [5.74, 6) is -2.38. The van der Waals surface area contributed by atoms with Crippen molar-refractivity contribution in [1.29, 1.82) is 0 Å². The van der Waals surface area contributed by atoms with Gasteiger partial charge in [-0.2, -0.15) is 0 Å². The van der Waals surface area contributed by atoms with Gasteiger partial charge >= 0.3 is 39.5 Å². The highest BCUT2D eigenvalue weighted by molar-refractivity contribution is 7.47. The van der Waals surface area contributed by atoms with Crippen LogP contribution in [0, 0.1) is 0 Å². The minimum Gasteiger partial charge on any atom is -0.462 e. The molecule has 0 heterocycles. The number of phosphoric acid groups is 2. The number of ether oxygens (including phenoxy) is 4. The predicted molar refractivity (Wildman–Crippen MR) is 426 cm³/mol. The van der Waals surface area contributed by atoms with Crippen LogP contribution in [0.1, 0.15) is 272 Å². The average molecular weight is 1490 g/mol. The smallest absolute Gasteiger partial charge is 0.462 e. The molecule has 0 aromatic carbocycles. The van der Waals surface area contributed by atoms with E-state index in [1.54, 1.807) is 0 Å². The van der Waals surface area contributed by atoms with Crippen molar-refractivity contribution in [2.45, 2.75) is 290 Å². The van der Waals surface area contributed by atoms with E-state index in [0.717, 1.165) is 141 Å². The van der Waals surface area contributed by atoms with Gasteiger partial charge in [-0.3, -0.25) is 37.3 Å². The van der Waals surface area contributed by atoms with E-state index >= 15 is 0 Å². The number of aliphatic hydroxyl groups is 1. The molecule has 17 nitrogen and oxygen atoms in total. The number of phosphoric ester groups is 2. The SMILES string of the molecule is CC/C=C\C/C=C\C/C=C\C/C=C\C/C=C\C/C=C\CCC(=O)OCC(COP(=O)(O)OCC(O)COP(=O)(O)OCC(COC(=O)CCCCCC/C=C\C/C=C\C/C=C\C/C=C\CC)OC(=O)CCCCCCCCCCCCC)OC(=O)CCC/C=C\C/C=C\C/C=C\C/C=C\C/C=C\CC. The molecule has 5 atom stereocenters. The maximum atomic E-state index is 13.1. The van der Waals surface area contributed by atoms with Gasteiger partial charge in [0, 0.05) is 25.7 Å². The van der Waals surface area contributed by atoms with Crippen molar-refractivity contribution in [3.63, 3.8) is 0 Å². The zero-order chi connectivity index (χ0) is 76.0. The molecule has 0 spiro atoms. The Balaban J connectivity index is 5.49. The summed E-state index contributed by atoms with van der Waals surface area (Å²) in [6, 6.07) is 0. The quantitative estimate of drug-likeness (QED) is 0.0169. The van der Waals surface area contributed by atoms with Crippen LogP contribution in [-0.4, -0.2) is 96.7 Å². The van der Waals surface area contributed by atoms with Crippen LogP contribution >= 0.6 is 15.6 Å². The lowest BCUT2D eigenvalue weighted by molar-refractivity contribution is -0.161. The number of aliphatic hydroxyl groups excluding tert-OH is 1. The molecule has 0 amide bonds. The Hall–Kier alpha value is -5.84. The van der Waals surface area contributed by atoms with Crippen molar-refractivity contribution < 1.29 is 80.2 Å². The summed E-state index contributed by atoms with van der Waals surface area (Å²) in [7, 11) is -10.0. The molecule has 19 heteroatoms. The first kappa shape index (κ1) is 98.2. The number of carbonyl (C=O) groups is 4. The Morgan fingerprint density at radius 1 is 0.279 bits per heavy atom. The van der Waals surface area contributed by atoms with Crippen molar-refractivity contribution >= 4 is 39.5 Å². The first-order chi connectivity index (χ1) is 50.7. The summed E-state index contributed by atoms with van der Waals surface area (Å²) in [4.78, 5) is 72.9. The predicted octanol–water partition coefficient (Wildman–Crippen LogP) is 22.8. The minimum atomic E-state index is -5.02. The van der Waals surface area contributed by atoms with Crippen LogP contribution in [0.4, 0.5) is 0 Å². The van der Waals surface area contributed by atoms with Crippen molar-refractivity contribution in [2.75, 3.05) is 39.6 Å². The minimum absolute atomic E-state index is 0.00657. The van der Waals surface area contributed by atoms with Gasteiger partial charge in [0.15, 0.2) is 12.2 Å². The van der Waals surface area contributed by atoms with Gasteiger partial charge in [-0.1, -0.05) is 287 Å². The highest BCUT2D eigenvalue weighted by atomic mass is 31.2. The van der Waals surface area contributed by atoms with E-state index in [1.165, 1.54) is 38.5 Å². The Morgan fingerprint density at radius 3 is 0.865 bits per heavy atom. The fourth-order valence-electron chi connectivity index (χ4n) is 9.57. The molecule has 0 aliphatic heterocycles. The van der Waals surface area contributed by atoms with Crippen LogP contribution in [0.15, 0.2) is 182 Å². The first-order valence-corrected chi connectivity index (χ1v) is 42.0. The molecule has 0 aromatic heterocycles. The lowest BCUT2D eigenvalue weighted by Crippen LogP contribution is -2.30. The maximum Gasteiger partial charge on any atom is 0.472 e. The molecule has 0 rings (SSSR count). The van der Waals surface area contributed by atoms with E-state index < -0.39 is 97.5 Å². The molecule has 0 aliphatic rings. The Morgan fingerprint density at radius 2 is 0.529 bits per heavy atom. The van der Waals surface area contributed by atoms with Gasteiger partial charge in [0.25, 0.3) is 0 Å². The van der Waals surface area contributed by atoms with E-state index in [4.69, 9.17) is 37.0 Å². The average Bonchev–Trinajstić information content (AvgIpc) is 0.931. The summed E-state index contributed by atoms with van der Waals surface area (Å²) in [6.45, 7) is 4.32. The van der Waals surface area contributed by atoms with Crippen LogP contribution in [0.5, 0.6) is 0 Å². The second-order valence-corrected chi connectivity index (χ2v) is 28.1. The standard InChI is InChI=1S/C85H136O17P2/c1-5-9-13-17-21-25-29-32-35-38-39-42-44-47-51-54-58-62-66-70-83(88)96-76-81(102-85(90)72-68-64-60-56-52-48-45-41-37-34-31-27-23-19-15-11-7-3)78-100-104(93,94)98-74-79(86)73-97-103(91,92)99-77-80(101-84(89)71-67-63-59-55-49-28-24-20-16-12-8-4)75-95-82(87)69-65-61-57-53-50-46-43-40-36-33-30-26-22-18-14-10-6-2/h9-11,13-15,21-23,25-27,32-37,39,42-43,45-48,51,56,58,60,62,79-81,86H,5-8,12,16-20,24,28-31,38,40-41,44,49-50,52-55,57,59,61,63-78H2,1-4H3,(H,91,92)(H,93,94)/b13-9-,14-10-,15-11-,25-21-,26-22-,27-23-,35-32-,36-33-,37-34-,42-39-,46-43-,48-45-,51-47-,60-56-,62-58-. The van der Waals surface area contributed by atoms with Crippen molar-refractivity contribution in [1.82, 2.24) is 0 Å². The monoisotopic (exact) mass is 1490 g/mol. The Bertz CT molecular complexity index is 2690. The van der Waals surface area contributed by atoms with E-state index in [1.807, 2.05) is 30.4 Å². The third-order valence-electron chi connectivity index (χ3n) is 15.4. The van der Waals surface area contributed by atoms with Crippen LogP contribution in [0.25, 0.3) is 0 Å². The molecular formula is C85H136O17P2. The molecule has 0 saturated heterocycles. The lowest BCUT2D eigenvalue weighted by atomic mass is 10.1. The van der Waals surface area contributed by atoms with E-state index in [9.17, 15) is 43.2 Å². The van der Waals surface area contributed by atoms with Crippen LogP contribution < -0.4 is 0 Å². The lowest BCUT2D eigenvalue weighted by Gasteiger charge is -2.21. The van der Waals surface area contributed by atoms with Crippen LogP contribution in [0.2, 0.25) is 0 Å². The largest absolute Gasteiger partial charge is 0.472 e. The topological polar surface area (TPSA) is 237 Å². The Kier molecular flexibility index (Phi) is 71.2. The molecule has 0 bridgehead atoms.